The van der Waals surface area contributed by atoms with Gasteiger partial charge in [-0.3, -0.25) is 0 Å². The van der Waals surface area contributed by atoms with Crippen molar-refractivity contribution in [1.82, 2.24) is 0 Å². The third-order valence-corrected chi connectivity index (χ3v) is 6.83. The fraction of sp³-hybridized carbons (Fsp3) is 0. The minimum absolute atomic E-state index is 1.38. The van der Waals surface area contributed by atoms with Crippen molar-refractivity contribution in [2.45, 2.75) is 0 Å². The van der Waals surface area contributed by atoms with E-state index in [4.69, 9.17) is 0 Å². The largest absolute Gasteiger partial charge is 0.144 e. The van der Waals surface area contributed by atoms with Crippen molar-refractivity contribution in [3.05, 3.63) is 47.2 Å². The lowest BCUT2D eigenvalue weighted by Crippen LogP contribution is -1.73. The van der Waals surface area contributed by atoms with Gasteiger partial charge in [0.15, 0.2) is 0 Å². The maximum Gasteiger partial charge on any atom is 0.0529 e. The molecular formula is C16H8S3. The summed E-state index contributed by atoms with van der Waals surface area (Å²) in [6.07, 6.45) is 0. The Morgan fingerprint density at radius 2 is 1.37 bits per heavy atom. The van der Waals surface area contributed by atoms with E-state index >= 15 is 0 Å². The number of rotatable bonds is 0. The number of hydrogen-bond donors (Lipinski definition) is 0. The molecule has 0 saturated carbocycles. The number of hydrogen-bond acceptors (Lipinski definition) is 3. The van der Waals surface area contributed by atoms with Crippen LogP contribution >= 0.6 is 34.0 Å². The zero-order valence-corrected chi connectivity index (χ0v) is 12.3. The molecule has 0 aliphatic rings. The van der Waals surface area contributed by atoms with E-state index in [9.17, 15) is 0 Å². The first-order chi connectivity index (χ1) is 9.42. The summed E-state index contributed by atoms with van der Waals surface area (Å²) in [5.41, 5.74) is 0. The quantitative estimate of drug-likeness (QED) is 0.306. The van der Waals surface area contributed by atoms with Gasteiger partial charge in [0.25, 0.3) is 0 Å². The summed E-state index contributed by atoms with van der Waals surface area (Å²) in [6, 6.07) is 13.6. The van der Waals surface area contributed by atoms with E-state index in [1.54, 1.807) is 0 Å². The topological polar surface area (TPSA) is 0 Å². The van der Waals surface area contributed by atoms with Crippen LogP contribution < -0.4 is 0 Å². The second-order valence-corrected chi connectivity index (χ2v) is 7.57. The molecule has 0 radical (unpaired) electrons. The molecule has 0 fully saturated rings. The summed E-state index contributed by atoms with van der Waals surface area (Å²) in [6.45, 7) is 0. The highest BCUT2D eigenvalue weighted by molar-refractivity contribution is 7.32. The standard InChI is InChI=1S/C16H8S3/c1-2-12-15(19-14-6-8-18-16(12)14)11-3-4-13-10(9(1)11)5-7-17-13/h1-8H. The van der Waals surface area contributed by atoms with E-state index in [2.05, 4.69) is 47.2 Å². The smallest absolute Gasteiger partial charge is 0.0529 e. The second-order valence-electron chi connectivity index (χ2n) is 4.65. The molecule has 3 heterocycles. The van der Waals surface area contributed by atoms with Crippen LogP contribution in [0.1, 0.15) is 0 Å². The van der Waals surface area contributed by atoms with Gasteiger partial charge in [-0.15, -0.1) is 34.0 Å². The molecule has 5 rings (SSSR count). The minimum atomic E-state index is 1.38. The summed E-state index contributed by atoms with van der Waals surface area (Å²) < 4.78 is 5.67. The summed E-state index contributed by atoms with van der Waals surface area (Å²) in [4.78, 5) is 0. The summed E-state index contributed by atoms with van der Waals surface area (Å²) in [5.74, 6) is 0. The molecule has 19 heavy (non-hydrogen) atoms. The lowest BCUT2D eigenvalue weighted by molar-refractivity contribution is 1.95. The van der Waals surface area contributed by atoms with Crippen molar-refractivity contribution >= 4 is 74.4 Å². The summed E-state index contributed by atoms with van der Waals surface area (Å²) >= 11 is 5.59. The summed E-state index contributed by atoms with van der Waals surface area (Å²) in [7, 11) is 0. The molecule has 0 aliphatic carbocycles. The van der Waals surface area contributed by atoms with Gasteiger partial charge in [-0.05, 0) is 34.3 Å². The van der Waals surface area contributed by atoms with Crippen molar-refractivity contribution in [2.75, 3.05) is 0 Å². The fourth-order valence-electron chi connectivity index (χ4n) is 2.80. The van der Waals surface area contributed by atoms with Crippen molar-refractivity contribution < 1.29 is 0 Å². The molecule has 0 atom stereocenters. The van der Waals surface area contributed by atoms with Crippen LogP contribution in [-0.2, 0) is 0 Å². The normalized spacial score (nSPS) is 12.2. The number of thiophene rings is 3. The molecule has 0 nitrogen and oxygen atoms in total. The van der Waals surface area contributed by atoms with E-state index in [0.717, 1.165) is 0 Å². The SMILES string of the molecule is c1cc2c(ccc3c2ccc2c4sccc4sc32)s1. The van der Waals surface area contributed by atoms with Crippen LogP contribution in [-0.4, -0.2) is 0 Å². The Bertz CT molecular complexity index is 1060. The van der Waals surface area contributed by atoms with Gasteiger partial charge in [-0.1, -0.05) is 18.2 Å². The Balaban J connectivity index is 2.12. The van der Waals surface area contributed by atoms with Crippen molar-refractivity contribution in [1.29, 1.82) is 0 Å². The number of benzene rings is 2. The minimum Gasteiger partial charge on any atom is -0.144 e. The van der Waals surface area contributed by atoms with Crippen molar-refractivity contribution in [3.63, 3.8) is 0 Å². The van der Waals surface area contributed by atoms with Gasteiger partial charge in [0, 0.05) is 30.3 Å². The highest BCUT2D eigenvalue weighted by Crippen LogP contribution is 2.42. The molecule has 3 aromatic heterocycles. The Labute approximate surface area is 121 Å². The molecular weight excluding hydrogens is 288 g/mol. The maximum absolute atomic E-state index is 2.30. The van der Waals surface area contributed by atoms with Crippen LogP contribution in [0.25, 0.3) is 40.3 Å². The molecule has 0 spiro atoms. The molecule has 2 aromatic carbocycles. The Hall–Kier alpha value is -1.42. The second kappa shape index (κ2) is 3.57. The zero-order valence-electron chi connectivity index (χ0n) is 9.84. The molecule has 90 valence electrons. The monoisotopic (exact) mass is 296 g/mol. The molecule has 0 N–H and O–H groups in total. The van der Waals surface area contributed by atoms with Gasteiger partial charge in [0.05, 0.1) is 4.70 Å². The third-order valence-electron chi connectivity index (χ3n) is 3.67. The molecule has 0 unspecified atom stereocenters. The van der Waals surface area contributed by atoms with Crippen LogP contribution in [0, 0.1) is 0 Å². The van der Waals surface area contributed by atoms with Gasteiger partial charge in [0.1, 0.15) is 0 Å². The molecule has 0 bridgehead atoms. The Kier molecular flexibility index (Phi) is 1.95. The predicted octanol–water partition coefficient (Wildman–Crippen LogP) is 6.48. The average molecular weight is 296 g/mol. The first kappa shape index (κ1) is 10.4. The Morgan fingerprint density at radius 3 is 2.37 bits per heavy atom. The van der Waals surface area contributed by atoms with E-state index in [1.165, 1.54) is 40.3 Å². The van der Waals surface area contributed by atoms with E-state index in [1.807, 2.05) is 34.0 Å². The predicted molar refractivity (Wildman–Crippen MR) is 90.1 cm³/mol. The van der Waals surface area contributed by atoms with Gasteiger partial charge in [0.2, 0.25) is 0 Å². The molecule has 0 aliphatic heterocycles. The van der Waals surface area contributed by atoms with Gasteiger partial charge >= 0.3 is 0 Å². The highest BCUT2D eigenvalue weighted by atomic mass is 32.1. The lowest BCUT2D eigenvalue weighted by atomic mass is 10.1. The highest BCUT2D eigenvalue weighted by Gasteiger charge is 2.10. The van der Waals surface area contributed by atoms with Crippen LogP contribution in [0.5, 0.6) is 0 Å². The first-order valence-corrected chi connectivity index (χ1v) is 8.68. The molecule has 5 aromatic rings. The van der Waals surface area contributed by atoms with Gasteiger partial charge in [-0.2, -0.15) is 0 Å². The van der Waals surface area contributed by atoms with E-state index in [0.29, 0.717) is 0 Å². The maximum atomic E-state index is 2.30. The van der Waals surface area contributed by atoms with E-state index < -0.39 is 0 Å². The number of fused-ring (bicyclic) bond motifs is 7. The van der Waals surface area contributed by atoms with Crippen LogP contribution in [0.3, 0.4) is 0 Å². The zero-order chi connectivity index (χ0) is 12.4. The fourth-order valence-corrected chi connectivity index (χ4v) is 5.97. The first-order valence-electron chi connectivity index (χ1n) is 6.10. The molecule has 0 amide bonds. The van der Waals surface area contributed by atoms with Crippen LogP contribution in [0.2, 0.25) is 0 Å². The van der Waals surface area contributed by atoms with Crippen LogP contribution in [0.4, 0.5) is 0 Å². The van der Waals surface area contributed by atoms with Crippen LogP contribution in [0.15, 0.2) is 47.2 Å². The van der Waals surface area contributed by atoms with E-state index in [-0.39, 0.29) is 0 Å². The average Bonchev–Trinajstić information content (AvgIpc) is 3.12. The summed E-state index contributed by atoms with van der Waals surface area (Å²) in [5, 5.41) is 9.96. The Morgan fingerprint density at radius 1 is 0.526 bits per heavy atom. The third kappa shape index (κ3) is 1.27. The molecule has 3 heteroatoms. The van der Waals surface area contributed by atoms with Gasteiger partial charge < -0.3 is 0 Å². The van der Waals surface area contributed by atoms with Gasteiger partial charge in [-0.25, -0.2) is 0 Å². The van der Waals surface area contributed by atoms with Crippen molar-refractivity contribution in [2.24, 2.45) is 0 Å². The van der Waals surface area contributed by atoms with Crippen molar-refractivity contribution in [3.8, 4) is 0 Å². The molecule has 0 saturated heterocycles. The lowest BCUT2D eigenvalue weighted by Gasteiger charge is -2.01.